The molecule has 2 heterocycles. The molecule has 3 nitrogen and oxygen atoms in total. The van der Waals surface area contributed by atoms with Crippen molar-refractivity contribution in [2.24, 2.45) is 5.73 Å². The van der Waals surface area contributed by atoms with Crippen molar-refractivity contribution in [3.8, 4) is 0 Å². The fourth-order valence-electron chi connectivity index (χ4n) is 2.08. The molecule has 5 heteroatoms. The van der Waals surface area contributed by atoms with Crippen molar-refractivity contribution in [1.82, 2.24) is 4.90 Å². The summed E-state index contributed by atoms with van der Waals surface area (Å²) >= 11 is 0. The third-order valence-electron chi connectivity index (χ3n) is 2.62. The number of rotatable bonds is 0. The summed E-state index contributed by atoms with van der Waals surface area (Å²) in [6.45, 7) is 5.14. The predicted octanol–water partition coefficient (Wildman–Crippen LogP) is 0.650. The number of hydrogen-bond acceptors (Lipinski definition) is 3. The van der Waals surface area contributed by atoms with Gasteiger partial charge in [-0.15, -0.1) is 24.8 Å². The van der Waals surface area contributed by atoms with Gasteiger partial charge >= 0.3 is 0 Å². The fourth-order valence-corrected chi connectivity index (χ4v) is 2.08. The molecule has 2 rings (SSSR count). The number of ether oxygens (including phenoxy) is 1. The zero-order chi connectivity index (χ0) is 7.84. The zero-order valence-corrected chi connectivity index (χ0v) is 9.44. The smallest absolute Gasteiger partial charge is 0.0674 e. The summed E-state index contributed by atoms with van der Waals surface area (Å²) in [7, 11) is 0. The highest BCUT2D eigenvalue weighted by molar-refractivity contribution is 5.85. The van der Waals surface area contributed by atoms with Crippen LogP contribution in [-0.2, 0) is 4.74 Å². The van der Waals surface area contributed by atoms with Crippen LogP contribution in [0.4, 0.5) is 0 Å². The second kappa shape index (κ2) is 5.37. The van der Waals surface area contributed by atoms with Crippen molar-refractivity contribution in [3.63, 3.8) is 0 Å². The Bertz CT molecular complexity index is 159. The molecule has 2 saturated heterocycles. The van der Waals surface area contributed by atoms with Crippen LogP contribution in [0.3, 0.4) is 0 Å². The molecule has 0 unspecified atom stereocenters. The van der Waals surface area contributed by atoms with Gasteiger partial charge in [0.25, 0.3) is 0 Å². The van der Waals surface area contributed by atoms with E-state index in [1.165, 1.54) is 0 Å². The van der Waals surface area contributed by atoms with Gasteiger partial charge in [-0.1, -0.05) is 0 Å². The third-order valence-corrected chi connectivity index (χ3v) is 2.62. The van der Waals surface area contributed by atoms with Gasteiger partial charge in [0.15, 0.2) is 0 Å². The number of morpholine rings is 1. The second-order valence-electron chi connectivity index (χ2n) is 3.75. The van der Waals surface area contributed by atoms with Crippen LogP contribution in [0.1, 0.15) is 13.3 Å². The average molecular weight is 229 g/mol. The molecule has 0 aliphatic carbocycles. The zero-order valence-electron chi connectivity index (χ0n) is 7.81. The molecule has 80 valence electrons. The van der Waals surface area contributed by atoms with Crippen LogP contribution in [-0.4, -0.2) is 42.8 Å². The van der Waals surface area contributed by atoms with Gasteiger partial charge < -0.3 is 10.5 Å². The summed E-state index contributed by atoms with van der Waals surface area (Å²) in [6.07, 6.45) is 1.52. The van der Waals surface area contributed by atoms with E-state index in [0.717, 1.165) is 26.1 Å². The quantitative estimate of drug-likeness (QED) is 0.662. The largest absolute Gasteiger partial charge is 0.376 e. The highest BCUT2D eigenvalue weighted by atomic mass is 35.5. The number of hydrogen-bond donors (Lipinski definition) is 1. The first-order valence-electron chi connectivity index (χ1n) is 4.37. The van der Waals surface area contributed by atoms with Gasteiger partial charge in [-0.05, 0) is 13.3 Å². The molecule has 13 heavy (non-hydrogen) atoms. The average Bonchev–Trinajstić information content (AvgIpc) is 2.27. The fraction of sp³-hybridized carbons (Fsp3) is 1.00. The van der Waals surface area contributed by atoms with Crippen LogP contribution in [0, 0.1) is 0 Å². The first-order chi connectivity index (χ1) is 5.25. The lowest BCUT2D eigenvalue weighted by Gasteiger charge is -2.33. The molecule has 2 fully saturated rings. The second-order valence-corrected chi connectivity index (χ2v) is 3.75. The summed E-state index contributed by atoms with van der Waals surface area (Å²) in [6, 6.07) is 0.995. The van der Waals surface area contributed by atoms with Crippen molar-refractivity contribution in [2.45, 2.75) is 31.5 Å². The molecule has 0 aromatic rings. The minimum absolute atomic E-state index is 0. The van der Waals surface area contributed by atoms with Gasteiger partial charge in [0.2, 0.25) is 0 Å². The number of halogens is 2. The van der Waals surface area contributed by atoms with Crippen LogP contribution < -0.4 is 5.73 Å². The normalized spacial score (nSPS) is 38.8. The number of nitrogens with two attached hydrogens (primary N) is 1. The van der Waals surface area contributed by atoms with E-state index in [1.54, 1.807) is 0 Å². The standard InChI is InChI=1S/C8H16N2O.2ClH/c1-6-3-10-4-7(9)2-8(10)5-11-6;;/h6-8H,2-5,9H2,1H3;2*1H/t6-,7-,8+;;/m1../s1. The molecule has 0 bridgehead atoms. The molecule has 2 N–H and O–H groups in total. The van der Waals surface area contributed by atoms with Gasteiger partial charge in [0.05, 0.1) is 12.7 Å². The highest BCUT2D eigenvalue weighted by Gasteiger charge is 2.34. The van der Waals surface area contributed by atoms with Crippen molar-refractivity contribution in [2.75, 3.05) is 19.7 Å². The first kappa shape index (κ1) is 13.5. The van der Waals surface area contributed by atoms with Gasteiger partial charge in [-0.25, -0.2) is 0 Å². The van der Waals surface area contributed by atoms with E-state index in [9.17, 15) is 0 Å². The van der Waals surface area contributed by atoms with Crippen molar-refractivity contribution < 1.29 is 4.74 Å². The van der Waals surface area contributed by atoms with Crippen LogP contribution in [0.15, 0.2) is 0 Å². The summed E-state index contributed by atoms with van der Waals surface area (Å²) in [4.78, 5) is 2.46. The van der Waals surface area contributed by atoms with E-state index in [2.05, 4.69) is 11.8 Å². The van der Waals surface area contributed by atoms with Crippen LogP contribution in [0.5, 0.6) is 0 Å². The molecular weight excluding hydrogens is 211 g/mol. The Balaban J connectivity index is 0.000000720. The Hall–Kier alpha value is 0.460. The Morgan fingerprint density at radius 1 is 1.31 bits per heavy atom. The van der Waals surface area contributed by atoms with Crippen molar-refractivity contribution in [3.05, 3.63) is 0 Å². The molecule has 0 radical (unpaired) electrons. The lowest BCUT2D eigenvalue weighted by atomic mass is 10.2. The molecule has 0 aromatic carbocycles. The maximum Gasteiger partial charge on any atom is 0.0674 e. The molecule has 2 aliphatic heterocycles. The Morgan fingerprint density at radius 2 is 2.00 bits per heavy atom. The van der Waals surface area contributed by atoms with Crippen molar-refractivity contribution in [1.29, 1.82) is 0 Å². The maximum atomic E-state index is 5.84. The van der Waals surface area contributed by atoms with Crippen LogP contribution in [0.25, 0.3) is 0 Å². The number of nitrogens with zero attached hydrogens (tertiary/aromatic N) is 1. The minimum Gasteiger partial charge on any atom is -0.376 e. The van der Waals surface area contributed by atoms with E-state index in [1.807, 2.05) is 0 Å². The summed E-state index contributed by atoms with van der Waals surface area (Å²) in [5, 5.41) is 0. The van der Waals surface area contributed by atoms with E-state index in [0.29, 0.717) is 18.2 Å². The van der Waals surface area contributed by atoms with Gasteiger partial charge in [-0.3, -0.25) is 4.90 Å². The molecule has 0 saturated carbocycles. The highest BCUT2D eigenvalue weighted by Crippen LogP contribution is 2.21. The molecule has 0 amide bonds. The van der Waals surface area contributed by atoms with Gasteiger partial charge in [0.1, 0.15) is 0 Å². The predicted molar refractivity (Wildman–Crippen MR) is 57.9 cm³/mol. The lowest BCUT2D eigenvalue weighted by Crippen LogP contribution is -2.45. The Morgan fingerprint density at radius 3 is 2.69 bits per heavy atom. The Kier molecular flexibility index (Phi) is 5.56. The maximum absolute atomic E-state index is 5.84. The summed E-state index contributed by atoms with van der Waals surface area (Å²) in [5.74, 6) is 0. The molecule has 3 atom stereocenters. The minimum atomic E-state index is 0. The van der Waals surface area contributed by atoms with E-state index >= 15 is 0 Å². The molecule has 2 aliphatic rings. The molecule has 0 aromatic heterocycles. The van der Waals surface area contributed by atoms with Crippen LogP contribution in [0.2, 0.25) is 0 Å². The third kappa shape index (κ3) is 2.96. The van der Waals surface area contributed by atoms with Gasteiger partial charge in [-0.2, -0.15) is 0 Å². The van der Waals surface area contributed by atoms with E-state index in [-0.39, 0.29) is 24.8 Å². The lowest BCUT2D eigenvalue weighted by molar-refractivity contribution is -0.0390. The van der Waals surface area contributed by atoms with Crippen LogP contribution >= 0.6 is 24.8 Å². The monoisotopic (exact) mass is 228 g/mol. The number of fused-ring (bicyclic) bond motifs is 1. The SMILES string of the molecule is C[C@@H]1CN2C[C@H](N)C[C@H]2CO1.Cl.Cl. The molecular formula is C8H18Cl2N2O. The topological polar surface area (TPSA) is 38.5 Å². The van der Waals surface area contributed by atoms with E-state index in [4.69, 9.17) is 10.5 Å². The summed E-state index contributed by atoms with van der Waals surface area (Å²) < 4.78 is 5.54. The van der Waals surface area contributed by atoms with Crippen molar-refractivity contribution >= 4 is 24.8 Å². The summed E-state index contributed by atoms with van der Waals surface area (Å²) in [5.41, 5.74) is 5.84. The first-order valence-corrected chi connectivity index (χ1v) is 4.37. The van der Waals surface area contributed by atoms with Gasteiger partial charge in [0, 0.05) is 25.2 Å². The van der Waals surface area contributed by atoms with E-state index < -0.39 is 0 Å². The molecule has 0 spiro atoms. The Labute approximate surface area is 91.8 Å².